The fourth-order valence-electron chi connectivity index (χ4n) is 10.8. The van der Waals surface area contributed by atoms with Crippen LogP contribution in [-0.2, 0) is 65.4 Å². The van der Waals surface area contributed by atoms with Gasteiger partial charge in [0, 0.05) is 25.7 Å². The van der Waals surface area contributed by atoms with Crippen LogP contribution >= 0.6 is 15.6 Å². The molecule has 0 aromatic heterocycles. The number of rotatable bonds is 69. The zero-order valence-electron chi connectivity index (χ0n) is 59.5. The molecule has 0 aromatic carbocycles. The number of aliphatic hydroxyl groups excluding tert-OH is 1. The standard InChI is InChI=1S/C72H140O17P2/c1-9-65(8)51-43-35-29-31-37-45-53-70(75)83-59-68(89-72(77)55-47-39-30-28-34-42-50-64(6)7)61-87-91(80,81)85-57-66(73)56-84-90(78,79)86-60-67(58-82-69(74)52-44-36-26-22-19-18-21-25-33-41-49-63(4)5)88-71(76)54-46-38-27-23-17-15-13-11-10-12-14-16-20-24-32-40-48-62(2)3/h62-68,73H,9-61H2,1-8H3,(H,78,79)(H,80,81)/t65?,66-,67-,68-/m1/s1. The molecule has 3 N–H and O–H groups in total. The van der Waals surface area contributed by atoms with Gasteiger partial charge in [-0.3, -0.25) is 37.3 Å². The van der Waals surface area contributed by atoms with Crippen molar-refractivity contribution < 1.29 is 80.2 Å². The lowest BCUT2D eigenvalue weighted by atomic mass is 10.00. The molecule has 3 unspecified atom stereocenters. The van der Waals surface area contributed by atoms with Crippen LogP contribution in [0, 0.1) is 23.7 Å². The zero-order valence-corrected chi connectivity index (χ0v) is 61.3. The second-order valence-corrected chi connectivity index (χ2v) is 30.6. The number of esters is 4. The Kier molecular flexibility index (Phi) is 60.3. The van der Waals surface area contributed by atoms with E-state index in [1.165, 1.54) is 154 Å². The summed E-state index contributed by atoms with van der Waals surface area (Å²) in [5, 5.41) is 10.6. The van der Waals surface area contributed by atoms with E-state index in [0.29, 0.717) is 31.6 Å². The fraction of sp³-hybridized carbons (Fsp3) is 0.944. The van der Waals surface area contributed by atoms with Gasteiger partial charge in [-0.25, -0.2) is 9.13 Å². The molecule has 0 amide bonds. The number of hydrogen-bond acceptors (Lipinski definition) is 15. The average molecular weight is 1340 g/mol. The van der Waals surface area contributed by atoms with Gasteiger partial charge in [-0.05, 0) is 49.4 Å². The molecule has 0 aliphatic rings. The molecule has 0 radical (unpaired) electrons. The molecule has 0 saturated heterocycles. The summed E-state index contributed by atoms with van der Waals surface area (Å²) in [7, 11) is -9.90. The Morgan fingerprint density at radius 1 is 0.308 bits per heavy atom. The highest BCUT2D eigenvalue weighted by Gasteiger charge is 2.30. The van der Waals surface area contributed by atoms with E-state index >= 15 is 0 Å². The Morgan fingerprint density at radius 3 is 0.780 bits per heavy atom. The number of unbranched alkanes of at least 4 members (excludes halogenated alkanes) is 34. The summed E-state index contributed by atoms with van der Waals surface area (Å²) in [6, 6.07) is 0. The van der Waals surface area contributed by atoms with Gasteiger partial charge < -0.3 is 33.8 Å². The smallest absolute Gasteiger partial charge is 0.462 e. The highest BCUT2D eigenvalue weighted by Crippen LogP contribution is 2.45. The molecule has 0 saturated carbocycles. The second-order valence-electron chi connectivity index (χ2n) is 27.6. The molecule has 17 nitrogen and oxygen atoms in total. The Bertz CT molecular complexity index is 1800. The van der Waals surface area contributed by atoms with Crippen molar-refractivity contribution in [3.8, 4) is 0 Å². The van der Waals surface area contributed by atoms with E-state index < -0.39 is 97.5 Å². The van der Waals surface area contributed by atoms with Crippen molar-refractivity contribution in [2.75, 3.05) is 39.6 Å². The van der Waals surface area contributed by atoms with Crippen LogP contribution in [0.4, 0.5) is 0 Å². The molecular formula is C72H140O17P2. The fourth-order valence-corrected chi connectivity index (χ4v) is 12.4. The monoisotopic (exact) mass is 1340 g/mol. The Balaban J connectivity index is 5.21. The number of carbonyl (C=O) groups excluding carboxylic acids is 4. The summed E-state index contributed by atoms with van der Waals surface area (Å²) in [6.07, 6.45) is 44.7. The van der Waals surface area contributed by atoms with Crippen LogP contribution in [0.15, 0.2) is 0 Å². The molecule has 0 bridgehead atoms. The second kappa shape index (κ2) is 61.6. The van der Waals surface area contributed by atoms with E-state index in [9.17, 15) is 43.2 Å². The Labute approximate surface area is 556 Å². The molecule has 19 heteroatoms. The van der Waals surface area contributed by atoms with Crippen molar-refractivity contribution in [3.63, 3.8) is 0 Å². The first-order valence-corrected chi connectivity index (χ1v) is 40.2. The highest BCUT2D eigenvalue weighted by atomic mass is 31.2. The normalized spacial score (nSPS) is 14.5. The lowest BCUT2D eigenvalue weighted by Gasteiger charge is -2.21. The molecule has 540 valence electrons. The van der Waals surface area contributed by atoms with Gasteiger partial charge in [-0.2, -0.15) is 0 Å². The van der Waals surface area contributed by atoms with Crippen LogP contribution in [0.1, 0.15) is 357 Å². The van der Waals surface area contributed by atoms with Crippen LogP contribution < -0.4 is 0 Å². The first kappa shape index (κ1) is 89.1. The summed E-state index contributed by atoms with van der Waals surface area (Å²) < 4.78 is 68.3. The zero-order chi connectivity index (χ0) is 67.5. The number of hydrogen-bond donors (Lipinski definition) is 3. The molecular weight excluding hydrogens is 1200 g/mol. The van der Waals surface area contributed by atoms with Crippen LogP contribution in [0.2, 0.25) is 0 Å². The maximum atomic E-state index is 13.0. The Morgan fingerprint density at radius 2 is 0.527 bits per heavy atom. The topological polar surface area (TPSA) is 237 Å². The summed E-state index contributed by atoms with van der Waals surface area (Å²) in [5.41, 5.74) is 0. The van der Waals surface area contributed by atoms with Crippen molar-refractivity contribution in [2.24, 2.45) is 23.7 Å². The van der Waals surface area contributed by atoms with Crippen LogP contribution in [0.5, 0.6) is 0 Å². The minimum absolute atomic E-state index is 0.101. The van der Waals surface area contributed by atoms with Gasteiger partial charge in [-0.1, -0.05) is 306 Å². The van der Waals surface area contributed by atoms with Crippen molar-refractivity contribution in [1.29, 1.82) is 0 Å². The van der Waals surface area contributed by atoms with Gasteiger partial charge in [0.1, 0.15) is 19.3 Å². The summed E-state index contributed by atoms with van der Waals surface area (Å²) >= 11 is 0. The number of aliphatic hydroxyl groups is 1. The van der Waals surface area contributed by atoms with E-state index in [0.717, 1.165) is 114 Å². The van der Waals surface area contributed by atoms with Crippen molar-refractivity contribution in [1.82, 2.24) is 0 Å². The minimum atomic E-state index is -4.95. The molecule has 0 fully saturated rings. The van der Waals surface area contributed by atoms with Gasteiger partial charge >= 0.3 is 39.5 Å². The van der Waals surface area contributed by atoms with E-state index in [-0.39, 0.29) is 25.7 Å². The number of ether oxygens (including phenoxy) is 4. The number of phosphoric ester groups is 2. The first-order chi connectivity index (χ1) is 43.6. The first-order valence-electron chi connectivity index (χ1n) is 37.2. The number of phosphoric acid groups is 2. The van der Waals surface area contributed by atoms with Gasteiger partial charge in [-0.15, -0.1) is 0 Å². The predicted molar refractivity (Wildman–Crippen MR) is 367 cm³/mol. The molecule has 0 spiro atoms. The van der Waals surface area contributed by atoms with E-state index in [1.54, 1.807) is 0 Å². The molecule has 6 atom stereocenters. The van der Waals surface area contributed by atoms with Crippen LogP contribution in [0.3, 0.4) is 0 Å². The average Bonchev–Trinajstić information content (AvgIpc) is 3.26. The predicted octanol–water partition coefficient (Wildman–Crippen LogP) is 20.5. The van der Waals surface area contributed by atoms with Gasteiger partial charge in [0.25, 0.3) is 0 Å². The highest BCUT2D eigenvalue weighted by molar-refractivity contribution is 7.47. The van der Waals surface area contributed by atoms with E-state index in [4.69, 9.17) is 37.0 Å². The molecule has 0 aromatic rings. The van der Waals surface area contributed by atoms with E-state index in [2.05, 4.69) is 55.4 Å². The van der Waals surface area contributed by atoms with Gasteiger partial charge in [0.2, 0.25) is 0 Å². The molecule has 91 heavy (non-hydrogen) atoms. The SMILES string of the molecule is CCC(C)CCCCCCCCC(=O)OC[C@H](COP(=O)(O)OC[C@H](O)COP(=O)(O)OC[C@@H](COC(=O)CCCCCCCCCCCCC(C)C)OC(=O)CCCCCCCCCCCCCCCCCCC(C)C)OC(=O)CCCCCCCCC(C)C. The quantitative estimate of drug-likeness (QED) is 0.0222. The largest absolute Gasteiger partial charge is 0.472 e. The van der Waals surface area contributed by atoms with Crippen molar-refractivity contribution in [2.45, 2.75) is 375 Å². The molecule has 0 rings (SSSR count). The molecule has 0 aliphatic heterocycles. The third-order valence-corrected chi connectivity index (χ3v) is 18.8. The van der Waals surface area contributed by atoms with Crippen LogP contribution in [0.25, 0.3) is 0 Å². The number of carbonyl (C=O) groups is 4. The maximum Gasteiger partial charge on any atom is 0.472 e. The molecule has 0 heterocycles. The Hall–Kier alpha value is -1.94. The van der Waals surface area contributed by atoms with Gasteiger partial charge in [0.15, 0.2) is 12.2 Å². The summed E-state index contributed by atoms with van der Waals surface area (Å²) in [4.78, 5) is 72.5. The lowest BCUT2D eigenvalue weighted by Crippen LogP contribution is -2.30. The molecule has 0 aliphatic carbocycles. The van der Waals surface area contributed by atoms with Crippen molar-refractivity contribution >= 4 is 39.5 Å². The van der Waals surface area contributed by atoms with Crippen LogP contribution in [-0.4, -0.2) is 96.7 Å². The van der Waals surface area contributed by atoms with E-state index in [1.807, 2.05) is 0 Å². The van der Waals surface area contributed by atoms with Gasteiger partial charge in [0.05, 0.1) is 26.4 Å². The lowest BCUT2D eigenvalue weighted by molar-refractivity contribution is -0.161. The third kappa shape index (κ3) is 65.1. The van der Waals surface area contributed by atoms with Crippen molar-refractivity contribution in [3.05, 3.63) is 0 Å². The summed E-state index contributed by atoms with van der Waals surface area (Å²) in [6.45, 7) is 14.1. The maximum absolute atomic E-state index is 13.0. The minimum Gasteiger partial charge on any atom is -0.462 e. The summed E-state index contributed by atoms with van der Waals surface area (Å²) in [5.74, 6) is 0.836. The third-order valence-electron chi connectivity index (χ3n) is 16.9.